The predicted octanol–water partition coefficient (Wildman–Crippen LogP) is 1.66. The van der Waals surface area contributed by atoms with Crippen molar-refractivity contribution < 1.29 is 13.2 Å². The van der Waals surface area contributed by atoms with Crippen molar-refractivity contribution in [2.75, 3.05) is 10.8 Å². The minimum absolute atomic E-state index is 0.0445. The largest absolute Gasteiger partial charge is 0.491 e. The molecular formula is C14H18N4O3S. The van der Waals surface area contributed by atoms with Gasteiger partial charge >= 0.3 is 0 Å². The lowest BCUT2D eigenvalue weighted by Gasteiger charge is -2.27. The van der Waals surface area contributed by atoms with Gasteiger partial charge in [-0.3, -0.25) is 0 Å². The highest BCUT2D eigenvalue weighted by Gasteiger charge is 2.30. The Morgan fingerprint density at radius 2 is 1.91 bits per heavy atom. The number of rotatable bonds is 4. The van der Waals surface area contributed by atoms with Gasteiger partial charge in [0.1, 0.15) is 12.1 Å². The zero-order chi connectivity index (χ0) is 15.7. The van der Waals surface area contributed by atoms with Gasteiger partial charge in [0.15, 0.2) is 0 Å². The lowest BCUT2D eigenvalue weighted by molar-refractivity contribution is 0.242. The van der Waals surface area contributed by atoms with Crippen LogP contribution in [0.25, 0.3) is 0 Å². The fourth-order valence-corrected chi connectivity index (χ4v) is 3.85. The smallest absolute Gasteiger partial charge is 0.266 e. The first-order chi connectivity index (χ1) is 10.5. The molecular weight excluding hydrogens is 304 g/mol. The minimum atomic E-state index is -3.64. The molecule has 118 valence electrons. The molecule has 1 aliphatic heterocycles. The number of anilines is 1. The highest BCUT2D eigenvalue weighted by atomic mass is 32.2. The molecule has 1 aromatic heterocycles. The van der Waals surface area contributed by atoms with Gasteiger partial charge in [-0.2, -0.15) is 10.1 Å². The molecule has 3 rings (SSSR count). The van der Waals surface area contributed by atoms with Gasteiger partial charge in [-0.15, -0.1) is 0 Å². The molecule has 0 spiro atoms. The average molecular weight is 322 g/mol. The molecule has 0 aliphatic carbocycles. The summed E-state index contributed by atoms with van der Waals surface area (Å²) in [6.45, 7) is 4.93. The topological polar surface area (TPSA) is 77.3 Å². The Kier molecular flexibility index (Phi) is 3.78. The molecule has 2 aromatic rings. The van der Waals surface area contributed by atoms with E-state index in [9.17, 15) is 8.42 Å². The van der Waals surface area contributed by atoms with Crippen molar-refractivity contribution in [3.05, 3.63) is 30.6 Å². The highest BCUT2D eigenvalue weighted by molar-refractivity contribution is 7.92. The molecule has 0 bridgehead atoms. The Hall–Kier alpha value is -2.09. The quantitative estimate of drug-likeness (QED) is 0.855. The second-order valence-electron chi connectivity index (χ2n) is 5.35. The van der Waals surface area contributed by atoms with E-state index in [0.29, 0.717) is 31.2 Å². The molecule has 0 amide bonds. The Bertz CT molecular complexity index is 753. The third-order valence-electron chi connectivity index (χ3n) is 3.33. The van der Waals surface area contributed by atoms with Gasteiger partial charge < -0.3 is 4.74 Å². The number of aryl methyl sites for hydroxylation is 1. The van der Waals surface area contributed by atoms with Crippen LogP contribution in [-0.2, 0) is 16.6 Å². The molecule has 8 heteroatoms. The second-order valence-corrected chi connectivity index (χ2v) is 7.21. The van der Waals surface area contributed by atoms with Crippen molar-refractivity contribution in [1.29, 1.82) is 0 Å². The molecule has 0 saturated heterocycles. The summed E-state index contributed by atoms with van der Waals surface area (Å²) in [5.74, 6) is 1.02. The van der Waals surface area contributed by atoms with E-state index in [0.717, 1.165) is 0 Å². The summed E-state index contributed by atoms with van der Waals surface area (Å²) in [5.41, 5.74) is 0. The highest BCUT2D eigenvalue weighted by Crippen LogP contribution is 2.26. The number of hydrogen-bond acceptors (Lipinski definition) is 5. The first kappa shape index (κ1) is 14.8. The SMILES string of the molecule is CC(C)Oc1ccc(S(=O)(=O)N2CCCn3ncnc32)cc1. The predicted molar refractivity (Wildman–Crippen MR) is 81.4 cm³/mol. The van der Waals surface area contributed by atoms with Crippen molar-refractivity contribution in [3.63, 3.8) is 0 Å². The van der Waals surface area contributed by atoms with Crippen LogP contribution in [0.1, 0.15) is 20.3 Å². The van der Waals surface area contributed by atoms with Gasteiger partial charge in [0.2, 0.25) is 5.95 Å². The maximum Gasteiger partial charge on any atom is 0.266 e. The number of benzene rings is 1. The summed E-state index contributed by atoms with van der Waals surface area (Å²) in [5, 5.41) is 4.04. The van der Waals surface area contributed by atoms with Crippen molar-refractivity contribution in [3.8, 4) is 5.75 Å². The van der Waals surface area contributed by atoms with Crippen LogP contribution in [0.3, 0.4) is 0 Å². The molecule has 0 radical (unpaired) electrons. The first-order valence-electron chi connectivity index (χ1n) is 7.16. The first-order valence-corrected chi connectivity index (χ1v) is 8.60. The lowest BCUT2D eigenvalue weighted by atomic mass is 10.3. The molecule has 0 saturated carbocycles. The second kappa shape index (κ2) is 5.60. The normalized spacial score (nSPS) is 15.0. The third kappa shape index (κ3) is 2.66. The van der Waals surface area contributed by atoms with Crippen molar-refractivity contribution in [2.24, 2.45) is 0 Å². The number of fused-ring (bicyclic) bond motifs is 1. The Morgan fingerprint density at radius 3 is 2.59 bits per heavy atom. The van der Waals surface area contributed by atoms with Crippen LogP contribution in [0.5, 0.6) is 5.75 Å². The molecule has 0 fully saturated rings. The minimum Gasteiger partial charge on any atom is -0.491 e. The molecule has 1 aliphatic rings. The van der Waals surface area contributed by atoms with Gasteiger partial charge in [-0.05, 0) is 44.5 Å². The number of sulfonamides is 1. The maximum atomic E-state index is 12.8. The van der Waals surface area contributed by atoms with Crippen LogP contribution in [-0.4, -0.2) is 35.8 Å². The van der Waals surface area contributed by atoms with E-state index in [1.807, 2.05) is 13.8 Å². The van der Waals surface area contributed by atoms with E-state index < -0.39 is 10.0 Å². The number of ether oxygens (including phenoxy) is 1. The Balaban J connectivity index is 1.91. The van der Waals surface area contributed by atoms with Crippen molar-refractivity contribution in [2.45, 2.75) is 37.8 Å². The van der Waals surface area contributed by atoms with Crippen LogP contribution >= 0.6 is 0 Å². The standard InChI is InChI=1S/C14H18N4O3S/c1-11(2)21-12-4-6-13(7-5-12)22(19,20)18-9-3-8-17-14(18)15-10-16-17/h4-7,10-11H,3,8-9H2,1-2H3. The van der Waals surface area contributed by atoms with E-state index >= 15 is 0 Å². The summed E-state index contributed by atoms with van der Waals surface area (Å²) in [7, 11) is -3.64. The molecule has 0 N–H and O–H groups in total. The molecule has 22 heavy (non-hydrogen) atoms. The Morgan fingerprint density at radius 1 is 1.18 bits per heavy atom. The fourth-order valence-electron chi connectivity index (χ4n) is 2.39. The summed E-state index contributed by atoms with van der Waals surface area (Å²) >= 11 is 0. The lowest BCUT2D eigenvalue weighted by Crippen LogP contribution is -2.38. The molecule has 1 aromatic carbocycles. The third-order valence-corrected chi connectivity index (χ3v) is 5.13. The van der Waals surface area contributed by atoms with E-state index in [1.165, 1.54) is 10.6 Å². The summed E-state index contributed by atoms with van der Waals surface area (Å²) in [6, 6.07) is 6.45. The van der Waals surface area contributed by atoms with E-state index in [4.69, 9.17) is 4.74 Å². The van der Waals surface area contributed by atoms with Crippen LogP contribution < -0.4 is 9.04 Å². The summed E-state index contributed by atoms with van der Waals surface area (Å²) in [6.07, 6.45) is 2.13. The summed E-state index contributed by atoms with van der Waals surface area (Å²) < 4.78 is 34.0. The van der Waals surface area contributed by atoms with Gasteiger partial charge in [0.05, 0.1) is 11.0 Å². The van der Waals surface area contributed by atoms with Gasteiger partial charge in [0, 0.05) is 13.1 Å². The maximum absolute atomic E-state index is 12.8. The summed E-state index contributed by atoms with van der Waals surface area (Å²) in [4.78, 5) is 4.28. The van der Waals surface area contributed by atoms with E-state index in [1.54, 1.807) is 28.9 Å². The average Bonchev–Trinajstić information content (AvgIpc) is 2.95. The molecule has 7 nitrogen and oxygen atoms in total. The monoisotopic (exact) mass is 322 g/mol. The van der Waals surface area contributed by atoms with Gasteiger partial charge in [-0.25, -0.2) is 17.4 Å². The van der Waals surface area contributed by atoms with Crippen LogP contribution in [0.15, 0.2) is 35.5 Å². The van der Waals surface area contributed by atoms with Crippen LogP contribution in [0.4, 0.5) is 5.95 Å². The number of nitrogens with zero attached hydrogens (tertiary/aromatic N) is 4. The number of hydrogen-bond donors (Lipinski definition) is 0. The molecule has 0 atom stereocenters. The van der Waals surface area contributed by atoms with E-state index in [2.05, 4.69) is 10.1 Å². The van der Waals surface area contributed by atoms with E-state index in [-0.39, 0.29) is 11.0 Å². The zero-order valence-corrected chi connectivity index (χ0v) is 13.3. The Labute approximate surface area is 129 Å². The van der Waals surface area contributed by atoms with Gasteiger partial charge in [0.25, 0.3) is 10.0 Å². The van der Waals surface area contributed by atoms with Gasteiger partial charge in [-0.1, -0.05) is 0 Å². The van der Waals surface area contributed by atoms with Crippen molar-refractivity contribution in [1.82, 2.24) is 14.8 Å². The molecule has 2 heterocycles. The van der Waals surface area contributed by atoms with Crippen LogP contribution in [0, 0.1) is 0 Å². The van der Waals surface area contributed by atoms with Crippen molar-refractivity contribution >= 4 is 16.0 Å². The fraction of sp³-hybridized carbons (Fsp3) is 0.429. The molecule has 0 unspecified atom stereocenters. The number of aromatic nitrogens is 3. The zero-order valence-electron chi connectivity index (χ0n) is 12.5. The van der Waals surface area contributed by atoms with Crippen LogP contribution in [0.2, 0.25) is 0 Å².